The summed E-state index contributed by atoms with van der Waals surface area (Å²) in [6, 6.07) is 6.41. The largest absolute Gasteiger partial charge is 0.387 e. The molecule has 0 spiro atoms. The second-order valence-electron chi connectivity index (χ2n) is 5.85. The summed E-state index contributed by atoms with van der Waals surface area (Å²) in [6.07, 6.45) is 4.90. The van der Waals surface area contributed by atoms with Gasteiger partial charge in [-0.25, -0.2) is 9.18 Å². The van der Waals surface area contributed by atoms with Gasteiger partial charge in [-0.1, -0.05) is 6.07 Å². The molecular formula is C17H19FN4O2. The number of aromatic nitrogens is 2. The van der Waals surface area contributed by atoms with E-state index in [9.17, 15) is 14.3 Å². The number of rotatable bonds is 3. The minimum atomic E-state index is -0.621. The normalized spacial score (nSPS) is 16.7. The Morgan fingerprint density at radius 2 is 2.12 bits per heavy atom. The Labute approximate surface area is 139 Å². The number of nitrogens with one attached hydrogen (secondary N) is 1. The lowest BCUT2D eigenvalue weighted by Crippen LogP contribution is -2.42. The number of aliphatic hydroxyl groups excluding tert-OH is 1. The Morgan fingerprint density at radius 3 is 2.79 bits per heavy atom. The molecule has 1 aliphatic rings. The van der Waals surface area contributed by atoms with Crippen molar-refractivity contribution in [3.63, 3.8) is 0 Å². The molecule has 1 aliphatic heterocycles. The van der Waals surface area contributed by atoms with E-state index in [2.05, 4.69) is 15.3 Å². The van der Waals surface area contributed by atoms with Crippen LogP contribution in [0.25, 0.3) is 0 Å². The lowest BCUT2D eigenvalue weighted by atomic mass is 9.89. The summed E-state index contributed by atoms with van der Waals surface area (Å²) in [7, 11) is 0. The summed E-state index contributed by atoms with van der Waals surface area (Å²) >= 11 is 0. The van der Waals surface area contributed by atoms with Crippen LogP contribution in [-0.2, 0) is 0 Å². The van der Waals surface area contributed by atoms with Crippen molar-refractivity contribution in [3.05, 3.63) is 54.4 Å². The van der Waals surface area contributed by atoms with Crippen molar-refractivity contribution < 1.29 is 14.3 Å². The Morgan fingerprint density at radius 1 is 1.33 bits per heavy atom. The van der Waals surface area contributed by atoms with Gasteiger partial charge < -0.3 is 15.3 Å². The number of carbonyl (C=O) groups is 1. The van der Waals surface area contributed by atoms with Crippen LogP contribution >= 0.6 is 0 Å². The number of hydrogen-bond donors (Lipinski definition) is 2. The molecule has 7 heteroatoms. The predicted molar refractivity (Wildman–Crippen MR) is 86.7 cm³/mol. The number of hydrogen-bond acceptors (Lipinski definition) is 4. The van der Waals surface area contributed by atoms with Gasteiger partial charge >= 0.3 is 6.03 Å². The van der Waals surface area contributed by atoms with Gasteiger partial charge in [0.05, 0.1) is 29.9 Å². The Kier molecular flexibility index (Phi) is 5.00. The molecule has 1 atom stereocenters. The molecule has 3 heterocycles. The second-order valence-corrected chi connectivity index (χ2v) is 5.85. The van der Waals surface area contributed by atoms with E-state index in [0.29, 0.717) is 37.3 Å². The molecule has 1 unspecified atom stereocenters. The number of aliphatic hydroxyl groups is 1. The van der Waals surface area contributed by atoms with Gasteiger partial charge in [0.25, 0.3) is 0 Å². The average Bonchev–Trinajstić information content (AvgIpc) is 2.62. The maximum Gasteiger partial charge on any atom is 0.321 e. The highest BCUT2D eigenvalue weighted by Gasteiger charge is 2.28. The summed E-state index contributed by atoms with van der Waals surface area (Å²) in [6.45, 7) is 1.06. The van der Waals surface area contributed by atoms with Gasteiger partial charge in [0.15, 0.2) is 0 Å². The number of nitrogens with zero attached hydrogens (tertiary/aromatic N) is 3. The van der Waals surface area contributed by atoms with Crippen LogP contribution in [-0.4, -0.2) is 39.1 Å². The van der Waals surface area contributed by atoms with Crippen LogP contribution in [0, 0.1) is 11.7 Å². The predicted octanol–water partition coefficient (Wildman–Crippen LogP) is 2.59. The fourth-order valence-corrected chi connectivity index (χ4v) is 2.89. The standard InChI is InChI=1S/C17H19FN4O2/c18-13-9-14(11-19-10-13)21-17(24)22-7-4-12(5-8-22)16(23)15-3-1-2-6-20-15/h1-3,6,9-12,16,23H,4-5,7-8H2,(H,21,24). The number of piperidine rings is 1. The molecule has 2 aromatic heterocycles. The van der Waals surface area contributed by atoms with Crippen LogP contribution in [0.15, 0.2) is 42.9 Å². The molecule has 0 saturated carbocycles. The van der Waals surface area contributed by atoms with E-state index < -0.39 is 11.9 Å². The zero-order valence-electron chi connectivity index (χ0n) is 13.1. The van der Waals surface area contributed by atoms with E-state index >= 15 is 0 Å². The van der Waals surface area contributed by atoms with Crippen LogP contribution in [0.5, 0.6) is 0 Å². The number of anilines is 1. The molecular weight excluding hydrogens is 311 g/mol. The van der Waals surface area contributed by atoms with Crippen LogP contribution in [0.4, 0.5) is 14.9 Å². The third kappa shape index (κ3) is 3.86. The minimum Gasteiger partial charge on any atom is -0.387 e. The van der Waals surface area contributed by atoms with Crippen LogP contribution < -0.4 is 5.32 Å². The highest BCUT2D eigenvalue weighted by molar-refractivity contribution is 5.89. The summed E-state index contributed by atoms with van der Waals surface area (Å²) in [4.78, 5) is 21.8. The van der Waals surface area contributed by atoms with Crippen molar-refractivity contribution in [2.75, 3.05) is 18.4 Å². The number of amides is 2. The van der Waals surface area contributed by atoms with Crippen LogP contribution in [0.3, 0.4) is 0 Å². The molecule has 24 heavy (non-hydrogen) atoms. The van der Waals surface area contributed by atoms with Crippen molar-refractivity contribution in [3.8, 4) is 0 Å². The van der Waals surface area contributed by atoms with Crippen molar-refractivity contribution in [2.45, 2.75) is 18.9 Å². The number of urea groups is 1. The summed E-state index contributed by atoms with van der Waals surface area (Å²) in [5.74, 6) is -0.426. The van der Waals surface area contributed by atoms with Gasteiger partial charge in [-0.3, -0.25) is 9.97 Å². The molecule has 1 fully saturated rings. The lowest BCUT2D eigenvalue weighted by Gasteiger charge is -2.34. The van der Waals surface area contributed by atoms with Crippen molar-refractivity contribution >= 4 is 11.7 Å². The van der Waals surface area contributed by atoms with Crippen molar-refractivity contribution in [1.29, 1.82) is 0 Å². The first kappa shape index (κ1) is 16.3. The summed E-state index contributed by atoms with van der Waals surface area (Å²) < 4.78 is 13.1. The number of carbonyl (C=O) groups excluding carboxylic acids is 1. The zero-order chi connectivity index (χ0) is 16.9. The third-order valence-corrected chi connectivity index (χ3v) is 4.22. The molecule has 0 aromatic carbocycles. The number of halogens is 1. The fourth-order valence-electron chi connectivity index (χ4n) is 2.89. The Bertz CT molecular complexity index is 690. The fraction of sp³-hybridized carbons (Fsp3) is 0.353. The highest BCUT2D eigenvalue weighted by Crippen LogP contribution is 2.29. The van der Waals surface area contributed by atoms with Gasteiger partial charge in [0.2, 0.25) is 0 Å². The summed E-state index contributed by atoms with van der Waals surface area (Å²) in [5, 5.41) is 13.0. The molecule has 0 bridgehead atoms. The van der Waals surface area contributed by atoms with Gasteiger partial charge in [0, 0.05) is 25.4 Å². The quantitative estimate of drug-likeness (QED) is 0.907. The number of pyridine rings is 2. The highest BCUT2D eigenvalue weighted by atomic mass is 19.1. The second kappa shape index (κ2) is 7.35. The molecule has 0 radical (unpaired) electrons. The van der Waals surface area contributed by atoms with Gasteiger partial charge in [-0.15, -0.1) is 0 Å². The van der Waals surface area contributed by atoms with Gasteiger partial charge in [-0.05, 0) is 30.9 Å². The first-order valence-corrected chi connectivity index (χ1v) is 7.89. The summed E-state index contributed by atoms with van der Waals surface area (Å²) in [5.41, 5.74) is 0.988. The van der Waals surface area contributed by atoms with Gasteiger partial charge in [0.1, 0.15) is 5.82 Å². The maximum absolute atomic E-state index is 13.1. The molecule has 2 aromatic rings. The maximum atomic E-state index is 13.1. The van der Waals surface area contributed by atoms with E-state index in [0.717, 1.165) is 6.20 Å². The Hall–Kier alpha value is -2.54. The Balaban J connectivity index is 1.54. The molecule has 126 valence electrons. The first-order valence-electron chi connectivity index (χ1n) is 7.89. The topological polar surface area (TPSA) is 78.4 Å². The van der Waals surface area contributed by atoms with E-state index in [1.165, 1.54) is 12.3 Å². The third-order valence-electron chi connectivity index (χ3n) is 4.22. The van der Waals surface area contributed by atoms with E-state index in [1.807, 2.05) is 12.1 Å². The molecule has 1 saturated heterocycles. The van der Waals surface area contributed by atoms with Crippen LogP contribution in [0.1, 0.15) is 24.6 Å². The monoisotopic (exact) mass is 330 g/mol. The van der Waals surface area contributed by atoms with E-state index in [-0.39, 0.29) is 11.9 Å². The van der Waals surface area contributed by atoms with Crippen molar-refractivity contribution in [1.82, 2.24) is 14.9 Å². The smallest absolute Gasteiger partial charge is 0.321 e. The van der Waals surface area contributed by atoms with Crippen LogP contribution in [0.2, 0.25) is 0 Å². The molecule has 2 amide bonds. The first-order chi connectivity index (χ1) is 11.6. The SMILES string of the molecule is O=C(Nc1cncc(F)c1)N1CCC(C(O)c2ccccn2)CC1. The van der Waals surface area contributed by atoms with E-state index in [1.54, 1.807) is 17.2 Å². The average molecular weight is 330 g/mol. The van der Waals surface area contributed by atoms with Gasteiger partial charge in [-0.2, -0.15) is 0 Å². The van der Waals surface area contributed by atoms with E-state index in [4.69, 9.17) is 0 Å². The lowest BCUT2D eigenvalue weighted by molar-refractivity contribution is 0.0652. The zero-order valence-corrected chi connectivity index (χ0v) is 13.1. The molecule has 2 N–H and O–H groups in total. The van der Waals surface area contributed by atoms with Crippen molar-refractivity contribution in [2.24, 2.45) is 5.92 Å². The number of likely N-dealkylation sites (tertiary alicyclic amines) is 1. The molecule has 6 nitrogen and oxygen atoms in total. The molecule has 3 rings (SSSR count). The minimum absolute atomic E-state index is 0.0692. The molecule has 0 aliphatic carbocycles.